The Morgan fingerprint density at radius 1 is 1.24 bits per heavy atom. The molecule has 0 radical (unpaired) electrons. The van der Waals surface area contributed by atoms with E-state index in [-0.39, 0.29) is 5.82 Å². The second-order valence-corrected chi connectivity index (χ2v) is 4.64. The molecule has 0 unspecified atom stereocenters. The quantitative estimate of drug-likeness (QED) is 0.848. The van der Waals surface area contributed by atoms with Gasteiger partial charge in [0, 0.05) is 31.7 Å². The highest BCUT2D eigenvalue weighted by atomic mass is 19.1. The molecule has 17 heavy (non-hydrogen) atoms. The van der Waals surface area contributed by atoms with Crippen molar-refractivity contribution in [3.8, 4) is 0 Å². The number of halogens is 1. The number of anilines is 1. The van der Waals surface area contributed by atoms with E-state index in [9.17, 15) is 9.50 Å². The van der Waals surface area contributed by atoms with E-state index in [1.807, 2.05) is 4.90 Å². The Hall–Kier alpha value is -1.13. The summed E-state index contributed by atoms with van der Waals surface area (Å²) < 4.78 is 13.9. The van der Waals surface area contributed by atoms with Gasteiger partial charge in [-0.05, 0) is 20.0 Å². The lowest BCUT2D eigenvalue weighted by Gasteiger charge is -2.35. The van der Waals surface area contributed by atoms with Gasteiger partial charge in [0.15, 0.2) is 0 Å². The maximum atomic E-state index is 13.9. The third kappa shape index (κ3) is 2.58. The Kier molecular flexibility index (Phi) is 3.64. The minimum absolute atomic E-state index is 0.243. The molecule has 4 heteroatoms. The lowest BCUT2D eigenvalue weighted by Crippen LogP contribution is -2.45. The molecular formula is C13H19FN2O. The summed E-state index contributed by atoms with van der Waals surface area (Å²) in [5.74, 6) is -0.243. The first-order chi connectivity index (χ1) is 8.09. The molecule has 1 heterocycles. The maximum absolute atomic E-state index is 13.9. The molecule has 0 saturated carbocycles. The average Bonchev–Trinajstić information content (AvgIpc) is 2.30. The van der Waals surface area contributed by atoms with E-state index >= 15 is 0 Å². The maximum Gasteiger partial charge on any atom is 0.146 e. The fraction of sp³-hybridized carbons (Fsp3) is 0.538. The second kappa shape index (κ2) is 5.02. The first-order valence-electron chi connectivity index (χ1n) is 5.99. The smallest absolute Gasteiger partial charge is 0.146 e. The topological polar surface area (TPSA) is 26.7 Å². The number of aliphatic hydroxyl groups excluding tert-OH is 1. The van der Waals surface area contributed by atoms with Crippen LogP contribution in [-0.4, -0.2) is 43.2 Å². The van der Waals surface area contributed by atoms with Crippen molar-refractivity contribution in [1.82, 2.24) is 4.90 Å². The zero-order chi connectivity index (χ0) is 12.4. The SMILES string of the molecule is C[C@H](O)c1cccc(F)c1N1CCN(C)CC1. The van der Waals surface area contributed by atoms with Gasteiger partial charge < -0.3 is 14.9 Å². The lowest BCUT2D eigenvalue weighted by molar-refractivity contribution is 0.198. The van der Waals surface area contributed by atoms with Gasteiger partial charge in [-0.1, -0.05) is 12.1 Å². The van der Waals surface area contributed by atoms with Crippen LogP contribution in [0.5, 0.6) is 0 Å². The molecule has 2 rings (SSSR count). The van der Waals surface area contributed by atoms with Gasteiger partial charge in [-0.3, -0.25) is 0 Å². The van der Waals surface area contributed by atoms with Crippen molar-refractivity contribution in [2.45, 2.75) is 13.0 Å². The summed E-state index contributed by atoms with van der Waals surface area (Å²) in [6.45, 7) is 5.13. The minimum Gasteiger partial charge on any atom is -0.389 e. The van der Waals surface area contributed by atoms with Gasteiger partial charge in [-0.25, -0.2) is 4.39 Å². The Morgan fingerprint density at radius 2 is 1.88 bits per heavy atom. The Morgan fingerprint density at radius 3 is 2.47 bits per heavy atom. The monoisotopic (exact) mass is 238 g/mol. The molecule has 1 aromatic carbocycles. The molecule has 1 aliphatic heterocycles. The standard InChI is InChI=1S/C13H19FN2O/c1-10(17)11-4-3-5-12(14)13(11)16-8-6-15(2)7-9-16/h3-5,10,17H,6-9H2,1-2H3/t10-/m0/s1. The summed E-state index contributed by atoms with van der Waals surface area (Å²) in [6, 6.07) is 4.90. The van der Waals surface area contributed by atoms with Gasteiger partial charge in [-0.2, -0.15) is 0 Å². The zero-order valence-corrected chi connectivity index (χ0v) is 10.4. The number of hydrogen-bond donors (Lipinski definition) is 1. The highest BCUT2D eigenvalue weighted by Gasteiger charge is 2.21. The van der Waals surface area contributed by atoms with Gasteiger partial charge in [0.05, 0.1) is 11.8 Å². The van der Waals surface area contributed by atoms with Crippen LogP contribution in [-0.2, 0) is 0 Å². The lowest BCUT2D eigenvalue weighted by atomic mass is 10.1. The van der Waals surface area contributed by atoms with Crippen LogP contribution in [0, 0.1) is 5.82 Å². The van der Waals surface area contributed by atoms with Crippen LogP contribution in [0.1, 0.15) is 18.6 Å². The Labute approximate surface area is 101 Å². The van der Waals surface area contributed by atoms with Crippen molar-refractivity contribution in [1.29, 1.82) is 0 Å². The van der Waals surface area contributed by atoms with Crippen LogP contribution < -0.4 is 4.90 Å². The molecule has 0 bridgehead atoms. The summed E-state index contributed by atoms with van der Waals surface area (Å²) >= 11 is 0. The van der Waals surface area contributed by atoms with Crippen molar-refractivity contribution in [2.75, 3.05) is 38.1 Å². The summed E-state index contributed by atoms with van der Waals surface area (Å²) in [7, 11) is 2.06. The zero-order valence-electron chi connectivity index (χ0n) is 10.4. The van der Waals surface area contributed by atoms with Crippen LogP contribution in [0.4, 0.5) is 10.1 Å². The average molecular weight is 238 g/mol. The predicted octanol–water partition coefficient (Wildman–Crippen LogP) is 1.63. The normalized spacial score (nSPS) is 19.4. The van der Waals surface area contributed by atoms with Crippen LogP contribution in [0.15, 0.2) is 18.2 Å². The van der Waals surface area contributed by atoms with E-state index in [1.54, 1.807) is 19.1 Å². The molecule has 0 amide bonds. The molecule has 1 saturated heterocycles. The van der Waals surface area contributed by atoms with E-state index in [1.165, 1.54) is 6.07 Å². The van der Waals surface area contributed by atoms with Gasteiger partial charge in [0.2, 0.25) is 0 Å². The third-order valence-electron chi connectivity index (χ3n) is 3.29. The van der Waals surface area contributed by atoms with Gasteiger partial charge >= 0.3 is 0 Å². The second-order valence-electron chi connectivity index (χ2n) is 4.64. The van der Waals surface area contributed by atoms with Crippen molar-refractivity contribution in [3.05, 3.63) is 29.6 Å². The highest BCUT2D eigenvalue weighted by molar-refractivity contribution is 5.56. The number of likely N-dealkylation sites (N-methyl/N-ethyl adjacent to an activating group) is 1. The summed E-state index contributed by atoms with van der Waals surface area (Å²) in [5, 5.41) is 9.71. The predicted molar refractivity (Wildman–Crippen MR) is 66.7 cm³/mol. The van der Waals surface area contributed by atoms with E-state index in [0.29, 0.717) is 11.3 Å². The summed E-state index contributed by atoms with van der Waals surface area (Å²) in [5.41, 5.74) is 1.24. The fourth-order valence-corrected chi connectivity index (χ4v) is 2.23. The molecule has 1 aliphatic rings. The third-order valence-corrected chi connectivity index (χ3v) is 3.29. The molecule has 94 valence electrons. The Bertz CT molecular complexity index is 387. The molecular weight excluding hydrogens is 219 g/mol. The van der Waals surface area contributed by atoms with Crippen molar-refractivity contribution >= 4 is 5.69 Å². The number of hydrogen-bond acceptors (Lipinski definition) is 3. The number of benzene rings is 1. The number of piperazine rings is 1. The van der Waals surface area contributed by atoms with Crippen LogP contribution in [0.3, 0.4) is 0 Å². The minimum atomic E-state index is -0.639. The van der Waals surface area contributed by atoms with Crippen molar-refractivity contribution in [3.63, 3.8) is 0 Å². The molecule has 1 aromatic rings. The molecule has 3 nitrogen and oxygen atoms in total. The van der Waals surface area contributed by atoms with Gasteiger partial charge in [-0.15, -0.1) is 0 Å². The molecule has 1 fully saturated rings. The molecule has 0 spiro atoms. The molecule has 0 aromatic heterocycles. The Balaban J connectivity index is 2.30. The van der Waals surface area contributed by atoms with Gasteiger partial charge in [0.1, 0.15) is 5.82 Å². The van der Waals surface area contributed by atoms with Crippen LogP contribution in [0.2, 0.25) is 0 Å². The van der Waals surface area contributed by atoms with E-state index in [0.717, 1.165) is 26.2 Å². The highest BCUT2D eigenvalue weighted by Crippen LogP contribution is 2.29. The van der Waals surface area contributed by atoms with Crippen LogP contribution >= 0.6 is 0 Å². The van der Waals surface area contributed by atoms with Crippen molar-refractivity contribution < 1.29 is 9.50 Å². The summed E-state index contributed by atoms with van der Waals surface area (Å²) in [4.78, 5) is 4.25. The van der Waals surface area contributed by atoms with Gasteiger partial charge in [0.25, 0.3) is 0 Å². The molecule has 1 N–H and O–H groups in total. The largest absolute Gasteiger partial charge is 0.389 e. The fourth-order valence-electron chi connectivity index (χ4n) is 2.23. The molecule has 1 atom stereocenters. The summed E-state index contributed by atoms with van der Waals surface area (Å²) in [6.07, 6.45) is -0.639. The van der Waals surface area contributed by atoms with E-state index in [4.69, 9.17) is 0 Å². The van der Waals surface area contributed by atoms with Crippen molar-refractivity contribution in [2.24, 2.45) is 0 Å². The first-order valence-corrected chi connectivity index (χ1v) is 5.99. The number of aliphatic hydroxyl groups is 1. The number of para-hydroxylation sites is 1. The van der Waals surface area contributed by atoms with E-state index < -0.39 is 6.10 Å². The number of nitrogens with zero attached hydrogens (tertiary/aromatic N) is 2. The first kappa shape index (κ1) is 12.3. The van der Waals surface area contributed by atoms with Crippen LogP contribution in [0.25, 0.3) is 0 Å². The molecule has 0 aliphatic carbocycles. The van der Waals surface area contributed by atoms with E-state index in [2.05, 4.69) is 11.9 Å². The number of rotatable bonds is 2.